The van der Waals surface area contributed by atoms with Gasteiger partial charge in [-0.1, -0.05) is 5.92 Å². The highest BCUT2D eigenvalue weighted by Crippen LogP contribution is 2.10. The van der Waals surface area contributed by atoms with Crippen molar-refractivity contribution in [1.29, 1.82) is 0 Å². The van der Waals surface area contributed by atoms with Crippen LogP contribution in [-0.2, 0) is 0 Å². The highest BCUT2D eigenvalue weighted by molar-refractivity contribution is 5.36. The van der Waals surface area contributed by atoms with Crippen LogP contribution in [0.15, 0.2) is 24.3 Å². The minimum Gasteiger partial charge on any atom is -0.468 e. The fourth-order valence-electron chi connectivity index (χ4n) is 0.722. The molecule has 0 unspecified atom stereocenters. The molecule has 2 heteroatoms. The Hall–Kier alpha value is -1.46. The van der Waals surface area contributed by atoms with E-state index in [1.165, 1.54) is 0 Å². The SMILES string of the molecule is C#Cc1ccc(OCO)cc1. The molecule has 0 saturated heterocycles. The van der Waals surface area contributed by atoms with E-state index in [4.69, 9.17) is 16.3 Å². The summed E-state index contributed by atoms with van der Waals surface area (Å²) in [7, 11) is 0. The van der Waals surface area contributed by atoms with Crippen molar-refractivity contribution in [3.8, 4) is 18.1 Å². The Balaban J connectivity index is 2.76. The molecule has 0 aliphatic heterocycles. The summed E-state index contributed by atoms with van der Waals surface area (Å²) < 4.78 is 4.79. The first-order valence-electron chi connectivity index (χ1n) is 3.17. The van der Waals surface area contributed by atoms with Gasteiger partial charge in [0, 0.05) is 5.56 Å². The molecule has 0 bridgehead atoms. The molecule has 1 rings (SSSR count). The van der Waals surface area contributed by atoms with Crippen molar-refractivity contribution in [3.05, 3.63) is 29.8 Å². The Bertz CT molecular complexity index is 256. The molecule has 0 fully saturated rings. The molecule has 0 saturated carbocycles. The van der Waals surface area contributed by atoms with Gasteiger partial charge in [-0.05, 0) is 24.3 Å². The van der Waals surface area contributed by atoms with E-state index in [0.717, 1.165) is 5.56 Å². The minimum atomic E-state index is -0.310. The van der Waals surface area contributed by atoms with E-state index in [9.17, 15) is 0 Å². The molecule has 0 amide bonds. The average molecular weight is 148 g/mol. The Morgan fingerprint density at radius 1 is 1.36 bits per heavy atom. The zero-order valence-electron chi connectivity index (χ0n) is 5.95. The Morgan fingerprint density at radius 3 is 2.45 bits per heavy atom. The number of hydrogen-bond donors (Lipinski definition) is 1. The second kappa shape index (κ2) is 3.65. The molecule has 0 radical (unpaired) electrons. The molecule has 0 heterocycles. The maximum absolute atomic E-state index is 8.38. The van der Waals surface area contributed by atoms with Crippen LogP contribution in [0.25, 0.3) is 0 Å². The molecule has 56 valence electrons. The third-order valence-electron chi connectivity index (χ3n) is 1.25. The third-order valence-corrected chi connectivity index (χ3v) is 1.25. The summed E-state index contributed by atoms with van der Waals surface area (Å²) in [5, 5.41) is 8.38. The first-order chi connectivity index (χ1) is 5.36. The largest absolute Gasteiger partial charge is 0.468 e. The number of hydrogen-bond acceptors (Lipinski definition) is 2. The Morgan fingerprint density at radius 2 is 2.00 bits per heavy atom. The van der Waals surface area contributed by atoms with Crippen LogP contribution in [-0.4, -0.2) is 11.9 Å². The number of terminal acetylenes is 1. The molecule has 11 heavy (non-hydrogen) atoms. The lowest BCUT2D eigenvalue weighted by molar-refractivity contribution is 0.0985. The monoisotopic (exact) mass is 148 g/mol. The summed E-state index contributed by atoms with van der Waals surface area (Å²) in [6.07, 6.45) is 5.13. The summed E-state index contributed by atoms with van der Waals surface area (Å²) in [5.41, 5.74) is 0.801. The predicted octanol–water partition coefficient (Wildman–Crippen LogP) is 0.996. The summed E-state index contributed by atoms with van der Waals surface area (Å²) in [6, 6.07) is 6.94. The summed E-state index contributed by atoms with van der Waals surface area (Å²) in [5.74, 6) is 3.10. The minimum absolute atomic E-state index is 0.310. The molecular weight excluding hydrogens is 140 g/mol. The van der Waals surface area contributed by atoms with Crippen molar-refractivity contribution in [3.63, 3.8) is 0 Å². The van der Waals surface area contributed by atoms with E-state index in [0.29, 0.717) is 5.75 Å². The van der Waals surface area contributed by atoms with Crippen LogP contribution in [0.1, 0.15) is 5.56 Å². The number of aliphatic hydroxyl groups excluding tert-OH is 1. The molecule has 1 aromatic rings. The molecule has 0 aliphatic carbocycles. The van der Waals surface area contributed by atoms with Gasteiger partial charge in [-0.2, -0.15) is 0 Å². The summed E-state index contributed by atoms with van der Waals surface area (Å²) in [4.78, 5) is 0. The third kappa shape index (κ3) is 1.99. The number of ether oxygens (including phenoxy) is 1. The second-order valence-corrected chi connectivity index (χ2v) is 1.94. The van der Waals surface area contributed by atoms with E-state index < -0.39 is 0 Å². The zero-order valence-corrected chi connectivity index (χ0v) is 5.95. The van der Waals surface area contributed by atoms with Gasteiger partial charge in [0.25, 0.3) is 0 Å². The quantitative estimate of drug-likeness (QED) is 0.500. The van der Waals surface area contributed by atoms with Gasteiger partial charge in [0.2, 0.25) is 0 Å². The second-order valence-electron chi connectivity index (χ2n) is 1.94. The first kappa shape index (κ1) is 7.64. The fraction of sp³-hybridized carbons (Fsp3) is 0.111. The standard InChI is InChI=1S/C9H8O2/c1-2-8-3-5-9(6-4-8)11-7-10/h1,3-6,10H,7H2. The molecule has 0 spiro atoms. The Labute approximate surface area is 65.4 Å². The van der Waals surface area contributed by atoms with E-state index in [-0.39, 0.29) is 6.79 Å². The van der Waals surface area contributed by atoms with Crippen molar-refractivity contribution in [2.45, 2.75) is 0 Å². The summed E-state index contributed by atoms with van der Waals surface area (Å²) >= 11 is 0. The van der Waals surface area contributed by atoms with Crippen LogP contribution in [0.5, 0.6) is 5.75 Å². The van der Waals surface area contributed by atoms with Crippen LogP contribution in [0.3, 0.4) is 0 Å². The van der Waals surface area contributed by atoms with Gasteiger partial charge >= 0.3 is 0 Å². The van der Waals surface area contributed by atoms with E-state index in [1.807, 2.05) is 0 Å². The molecule has 0 atom stereocenters. The van der Waals surface area contributed by atoms with Gasteiger partial charge in [0.1, 0.15) is 5.75 Å². The lowest BCUT2D eigenvalue weighted by Gasteiger charge is -2.00. The van der Waals surface area contributed by atoms with E-state index in [1.54, 1.807) is 24.3 Å². The number of benzene rings is 1. The van der Waals surface area contributed by atoms with Crippen LogP contribution >= 0.6 is 0 Å². The molecule has 0 aliphatic rings. The molecule has 1 aromatic carbocycles. The Kier molecular flexibility index (Phi) is 2.53. The number of aliphatic hydroxyl groups is 1. The molecular formula is C9H8O2. The van der Waals surface area contributed by atoms with Gasteiger partial charge in [-0.15, -0.1) is 6.42 Å². The predicted molar refractivity (Wildman–Crippen MR) is 42.1 cm³/mol. The lowest BCUT2D eigenvalue weighted by atomic mass is 10.2. The summed E-state index contributed by atoms with van der Waals surface area (Å²) in [6.45, 7) is -0.310. The zero-order chi connectivity index (χ0) is 8.10. The van der Waals surface area contributed by atoms with Crippen LogP contribution in [0.4, 0.5) is 0 Å². The van der Waals surface area contributed by atoms with Gasteiger partial charge < -0.3 is 9.84 Å². The maximum Gasteiger partial charge on any atom is 0.186 e. The average Bonchev–Trinajstić information content (AvgIpc) is 2.07. The highest BCUT2D eigenvalue weighted by atomic mass is 16.6. The molecule has 0 aromatic heterocycles. The van der Waals surface area contributed by atoms with Crippen molar-refractivity contribution in [2.75, 3.05) is 6.79 Å². The van der Waals surface area contributed by atoms with Gasteiger partial charge in [0.05, 0.1) is 0 Å². The van der Waals surface area contributed by atoms with E-state index in [2.05, 4.69) is 5.92 Å². The van der Waals surface area contributed by atoms with Gasteiger partial charge in [-0.3, -0.25) is 0 Å². The lowest BCUT2D eigenvalue weighted by Crippen LogP contribution is -1.93. The van der Waals surface area contributed by atoms with Gasteiger partial charge in [0.15, 0.2) is 6.79 Å². The molecule has 1 N–H and O–H groups in total. The maximum atomic E-state index is 8.38. The van der Waals surface area contributed by atoms with Crippen LogP contribution in [0, 0.1) is 12.3 Å². The van der Waals surface area contributed by atoms with Crippen LogP contribution in [0.2, 0.25) is 0 Å². The highest BCUT2D eigenvalue weighted by Gasteiger charge is 1.90. The van der Waals surface area contributed by atoms with E-state index >= 15 is 0 Å². The topological polar surface area (TPSA) is 29.5 Å². The van der Waals surface area contributed by atoms with Crippen molar-refractivity contribution < 1.29 is 9.84 Å². The van der Waals surface area contributed by atoms with Crippen molar-refractivity contribution in [1.82, 2.24) is 0 Å². The number of rotatable bonds is 2. The fourth-order valence-corrected chi connectivity index (χ4v) is 0.722. The van der Waals surface area contributed by atoms with Gasteiger partial charge in [-0.25, -0.2) is 0 Å². The first-order valence-corrected chi connectivity index (χ1v) is 3.17. The van der Waals surface area contributed by atoms with Crippen LogP contribution < -0.4 is 4.74 Å². The van der Waals surface area contributed by atoms with Crippen molar-refractivity contribution >= 4 is 0 Å². The normalized spacial score (nSPS) is 8.73. The van der Waals surface area contributed by atoms with Crippen molar-refractivity contribution in [2.24, 2.45) is 0 Å². The smallest absolute Gasteiger partial charge is 0.186 e. The molecule has 2 nitrogen and oxygen atoms in total.